The third-order valence-corrected chi connectivity index (χ3v) is 5.31. The maximum absolute atomic E-state index is 12.3. The zero-order valence-corrected chi connectivity index (χ0v) is 15.0. The first-order chi connectivity index (χ1) is 12.1. The summed E-state index contributed by atoms with van der Waals surface area (Å²) in [5.41, 5.74) is 0.946. The Morgan fingerprint density at radius 2 is 1.92 bits per heavy atom. The molecule has 2 aliphatic rings. The number of carbonyl (C=O) groups is 2. The minimum absolute atomic E-state index is 0.0255. The maximum atomic E-state index is 12.3. The molecule has 2 amide bonds. The number of likely N-dealkylation sites (tertiary alicyclic amines) is 1. The number of amides is 2. The predicted octanol–water partition coefficient (Wildman–Crippen LogP) is 2.54. The van der Waals surface area contributed by atoms with Crippen molar-refractivity contribution in [2.75, 3.05) is 20.2 Å². The van der Waals surface area contributed by atoms with Gasteiger partial charge >= 0.3 is 0 Å². The van der Waals surface area contributed by atoms with E-state index in [0.29, 0.717) is 25.3 Å². The summed E-state index contributed by atoms with van der Waals surface area (Å²) in [6, 6.07) is 7.45. The van der Waals surface area contributed by atoms with Gasteiger partial charge in [-0.25, -0.2) is 0 Å². The summed E-state index contributed by atoms with van der Waals surface area (Å²) in [5.74, 6) is 1.58. The molecule has 0 bridgehead atoms. The molecule has 2 fully saturated rings. The molecule has 1 saturated heterocycles. The SMILES string of the molecule is COc1ccc(CC(=O)N[C@H]2CC(=O)N(CC3CCCCC3)C2)cc1. The van der Waals surface area contributed by atoms with Crippen LogP contribution in [0.5, 0.6) is 5.75 Å². The molecule has 0 spiro atoms. The van der Waals surface area contributed by atoms with Crippen LogP contribution in [-0.2, 0) is 16.0 Å². The highest BCUT2D eigenvalue weighted by Crippen LogP contribution is 2.26. The molecule has 1 N–H and O–H groups in total. The van der Waals surface area contributed by atoms with Crippen LogP contribution in [0.4, 0.5) is 0 Å². The summed E-state index contributed by atoms with van der Waals surface area (Å²) in [6.07, 6.45) is 7.13. The molecule has 5 heteroatoms. The Morgan fingerprint density at radius 1 is 1.20 bits per heavy atom. The summed E-state index contributed by atoms with van der Waals surface area (Å²) in [7, 11) is 1.62. The Morgan fingerprint density at radius 3 is 2.60 bits per heavy atom. The maximum Gasteiger partial charge on any atom is 0.224 e. The molecular formula is C20H28N2O3. The van der Waals surface area contributed by atoms with E-state index in [2.05, 4.69) is 5.32 Å². The number of hydrogen-bond donors (Lipinski definition) is 1. The van der Waals surface area contributed by atoms with Crippen LogP contribution in [0.1, 0.15) is 44.1 Å². The van der Waals surface area contributed by atoms with Gasteiger partial charge in [0, 0.05) is 19.5 Å². The van der Waals surface area contributed by atoms with Gasteiger partial charge in [0.15, 0.2) is 0 Å². The zero-order valence-electron chi connectivity index (χ0n) is 15.0. The van der Waals surface area contributed by atoms with Crippen molar-refractivity contribution in [3.63, 3.8) is 0 Å². The van der Waals surface area contributed by atoms with Crippen LogP contribution in [0.2, 0.25) is 0 Å². The summed E-state index contributed by atoms with van der Waals surface area (Å²) in [5, 5.41) is 3.02. The molecule has 5 nitrogen and oxygen atoms in total. The first kappa shape index (κ1) is 17.8. The van der Waals surface area contributed by atoms with Gasteiger partial charge in [-0.1, -0.05) is 31.4 Å². The Labute approximate surface area is 149 Å². The second-order valence-electron chi connectivity index (χ2n) is 7.30. The number of rotatable bonds is 6. The Balaban J connectivity index is 1.46. The van der Waals surface area contributed by atoms with Crippen molar-refractivity contribution in [2.45, 2.75) is 51.0 Å². The largest absolute Gasteiger partial charge is 0.497 e. The molecule has 1 aliphatic carbocycles. The third kappa shape index (κ3) is 4.97. The molecular weight excluding hydrogens is 316 g/mol. The van der Waals surface area contributed by atoms with Gasteiger partial charge in [0.25, 0.3) is 0 Å². The molecule has 1 aromatic rings. The van der Waals surface area contributed by atoms with Gasteiger partial charge in [-0.3, -0.25) is 9.59 Å². The number of carbonyl (C=O) groups excluding carboxylic acids is 2. The molecule has 0 aromatic heterocycles. The van der Waals surface area contributed by atoms with Gasteiger partial charge in [0.1, 0.15) is 5.75 Å². The van der Waals surface area contributed by atoms with E-state index in [0.717, 1.165) is 17.9 Å². The molecule has 1 heterocycles. The van der Waals surface area contributed by atoms with E-state index >= 15 is 0 Å². The van der Waals surface area contributed by atoms with Crippen LogP contribution in [0, 0.1) is 5.92 Å². The Bertz CT molecular complexity index is 593. The molecule has 0 unspecified atom stereocenters. The van der Waals surface area contributed by atoms with Crippen molar-refractivity contribution >= 4 is 11.8 Å². The molecule has 136 valence electrons. The highest BCUT2D eigenvalue weighted by atomic mass is 16.5. The summed E-state index contributed by atoms with van der Waals surface area (Å²) < 4.78 is 5.12. The van der Waals surface area contributed by atoms with E-state index in [4.69, 9.17) is 4.74 Å². The fourth-order valence-electron chi connectivity index (χ4n) is 3.93. The lowest BCUT2D eigenvalue weighted by Gasteiger charge is -2.27. The highest BCUT2D eigenvalue weighted by Gasteiger charge is 2.32. The quantitative estimate of drug-likeness (QED) is 0.863. The standard InChI is InChI=1S/C20H28N2O3/c1-25-18-9-7-15(8-10-18)11-19(23)21-17-12-20(24)22(14-17)13-16-5-3-2-4-6-16/h7-10,16-17H,2-6,11-14H2,1H3,(H,21,23)/t17-/m0/s1. The predicted molar refractivity (Wildman–Crippen MR) is 96.4 cm³/mol. The molecule has 1 saturated carbocycles. The van der Waals surface area contributed by atoms with Crippen LogP contribution >= 0.6 is 0 Å². The zero-order chi connectivity index (χ0) is 17.6. The van der Waals surface area contributed by atoms with E-state index in [1.54, 1.807) is 7.11 Å². The van der Waals surface area contributed by atoms with Crippen molar-refractivity contribution in [1.29, 1.82) is 0 Å². The first-order valence-electron chi connectivity index (χ1n) is 9.34. The van der Waals surface area contributed by atoms with Crippen LogP contribution in [-0.4, -0.2) is 43.0 Å². The second-order valence-corrected chi connectivity index (χ2v) is 7.30. The van der Waals surface area contributed by atoms with Crippen molar-refractivity contribution in [1.82, 2.24) is 10.2 Å². The lowest BCUT2D eigenvalue weighted by atomic mass is 9.89. The molecule has 3 rings (SSSR count). The van der Waals surface area contributed by atoms with Crippen molar-refractivity contribution in [3.8, 4) is 5.75 Å². The number of nitrogens with zero attached hydrogens (tertiary/aromatic N) is 1. The number of benzene rings is 1. The third-order valence-electron chi connectivity index (χ3n) is 5.31. The smallest absolute Gasteiger partial charge is 0.224 e. The Hall–Kier alpha value is -2.04. The van der Waals surface area contributed by atoms with Crippen molar-refractivity contribution < 1.29 is 14.3 Å². The minimum atomic E-state index is -0.0539. The summed E-state index contributed by atoms with van der Waals surface area (Å²) in [6.45, 7) is 1.52. The lowest BCUT2D eigenvalue weighted by Crippen LogP contribution is -2.39. The van der Waals surface area contributed by atoms with Crippen molar-refractivity contribution in [3.05, 3.63) is 29.8 Å². The van der Waals surface area contributed by atoms with E-state index in [-0.39, 0.29) is 17.9 Å². The van der Waals surface area contributed by atoms with Crippen LogP contribution in [0.15, 0.2) is 24.3 Å². The number of nitrogens with one attached hydrogen (secondary N) is 1. The van der Waals surface area contributed by atoms with Gasteiger partial charge in [0.2, 0.25) is 11.8 Å². The average molecular weight is 344 g/mol. The molecule has 1 atom stereocenters. The summed E-state index contributed by atoms with van der Waals surface area (Å²) in [4.78, 5) is 26.4. The van der Waals surface area contributed by atoms with Crippen molar-refractivity contribution in [2.24, 2.45) is 5.92 Å². The van der Waals surface area contributed by atoms with Gasteiger partial charge in [-0.2, -0.15) is 0 Å². The molecule has 1 aliphatic heterocycles. The van der Waals surface area contributed by atoms with Gasteiger partial charge < -0.3 is 15.0 Å². The molecule has 0 radical (unpaired) electrons. The molecule has 1 aromatic carbocycles. The van der Waals surface area contributed by atoms with Gasteiger partial charge in [0.05, 0.1) is 19.6 Å². The normalized spacial score (nSPS) is 21.4. The van der Waals surface area contributed by atoms with Gasteiger partial charge in [-0.05, 0) is 36.5 Å². The number of hydrogen-bond acceptors (Lipinski definition) is 3. The summed E-state index contributed by atoms with van der Waals surface area (Å²) >= 11 is 0. The lowest BCUT2D eigenvalue weighted by molar-refractivity contribution is -0.128. The fourth-order valence-corrected chi connectivity index (χ4v) is 3.93. The molecule has 25 heavy (non-hydrogen) atoms. The second kappa shape index (κ2) is 8.37. The van der Waals surface area contributed by atoms with E-state index in [1.165, 1.54) is 32.1 Å². The van der Waals surface area contributed by atoms with Crippen LogP contribution < -0.4 is 10.1 Å². The number of methoxy groups -OCH3 is 1. The number of ether oxygens (including phenoxy) is 1. The first-order valence-corrected chi connectivity index (χ1v) is 9.34. The monoisotopic (exact) mass is 344 g/mol. The van der Waals surface area contributed by atoms with E-state index < -0.39 is 0 Å². The van der Waals surface area contributed by atoms with Crippen LogP contribution in [0.25, 0.3) is 0 Å². The minimum Gasteiger partial charge on any atom is -0.497 e. The highest BCUT2D eigenvalue weighted by molar-refractivity contribution is 5.83. The van der Waals surface area contributed by atoms with Crippen LogP contribution in [0.3, 0.4) is 0 Å². The van der Waals surface area contributed by atoms with E-state index in [1.807, 2.05) is 29.2 Å². The fraction of sp³-hybridized carbons (Fsp3) is 0.600. The Kier molecular flexibility index (Phi) is 5.95. The topological polar surface area (TPSA) is 58.6 Å². The van der Waals surface area contributed by atoms with Gasteiger partial charge in [-0.15, -0.1) is 0 Å². The van der Waals surface area contributed by atoms with E-state index in [9.17, 15) is 9.59 Å². The average Bonchev–Trinajstić information content (AvgIpc) is 2.95.